The molecule has 1 fully saturated rings. The highest BCUT2D eigenvalue weighted by molar-refractivity contribution is 6.71. The molecule has 1 aromatic heterocycles. The minimum absolute atomic E-state index is 0.100. The molecule has 0 bridgehead atoms. The van der Waals surface area contributed by atoms with Crippen LogP contribution in [0.2, 0.25) is 18.6 Å². The van der Waals surface area contributed by atoms with Gasteiger partial charge in [-0.2, -0.15) is 0 Å². The number of benzene rings is 2. The quantitative estimate of drug-likeness (QED) is 0.142. The summed E-state index contributed by atoms with van der Waals surface area (Å²) in [5.41, 5.74) is 4.81. The summed E-state index contributed by atoms with van der Waals surface area (Å²) in [5.74, 6) is -0.661. The molecular formula is C36H47N3O5Si. The Morgan fingerprint density at radius 3 is 2.62 bits per heavy atom. The summed E-state index contributed by atoms with van der Waals surface area (Å²) in [6.07, 6.45) is 8.11. The lowest BCUT2D eigenvalue weighted by Gasteiger charge is -2.32. The number of fused-ring (bicyclic) bond motifs is 3. The smallest absolute Gasteiger partial charge is 0.264 e. The molecule has 8 nitrogen and oxygen atoms in total. The Bertz CT molecular complexity index is 1630. The Labute approximate surface area is 267 Å². The fourth-order valence-corrected chi connectivity index (χ4v) is 9.93. The van der Waals surface area contributed by atoms with E-state index < -0.39 is 20.0 Å². The van der Waals surface area contributed by atoms with E-state index >= 15 is 0 Å². The Kier molecular flexibility index (Phi) is 9.56. The third-order valence-corrected chi connectivity index (χ3v) is 11.9. The molecule has 0 radical (unpaired) electrons. The first kappa shape index (κ1) is 32.9. The molecular weight excluding hydrogens is 582 g/mol. The van der Waals surface area contributed by atoms with Crippen LogP contribution in [0.25, 0.3) is 10.9 Å². The normalized spacial score (nSPS) is 23.2. The van der Waals surface area contributed by atoms with E-state index in [1.165, 1.54) is 11.1 Å². The number of H-pyrrole nitrogens is 1. The topological polar surface area (TPSA) is 115 Å². The molecule has 2 aliphatic rings. The molecule has 5 rings (SSSR count). The molecule has 9 heteroatoms. The van der Waals surface area contributed by atoms with Gasteiger partial charge in [-0.05, 0) is 83.0 Å². The van der Waals surface area contributed by atoms with E-state index in [0.717, 1.165) is 35.0 Å². The van der Waals surface area contributed by atoms with Crippen molar-refractivity contribution in [2.24, 2.45) is 5.92 Å². The number of hydrogen-bond donors (Lipinski definition) is 4. The summed E-state index contributed by atoms with van der Waals surface area (Å²) in [6, 6.07) is 13.5. The summed E-state index contributed by atoms with van der Waals surface area (Å²) >= 11 is 0. The summed E-state index contributed by atoms with van der Waals surface area (Å²) in [5, 5.41) is 14.0. The van der Waals surface area contributed by atoms with Crippen LogP contribution in [-0.4, -0.2) is 54.3 Å². The first-order valence-corrected chi connectivity index (χ1v) is 19.0. The third kappa shape index (κ3) is 6.45. The molecule has 1 saturated heterocycles. The zero-order chi connectivity index (χ0) is 32.5. The van der Waals surface area contributed by atoms with Gasteiger partial charge in [0.25, 0.3) is 5.91 Å². The molecule has 2 aromatic carbocycles. The van der Waals surface area contributed by atoms with Gasteiger partial charge in [-0.15, -0.1) is 0 Å². The zero-order valence-electron chi connectivity index (χ0n) is 27.3. The average Bonchev–Trinajstić information content (AvgIpc) is 3.58. The molecule has 240 valence electrons. The van der Waals surface area contributed by atoms with Crippen molar-refractivity contribution in [2.75, 3.05) is 23.4 Å². The minimum Gasteiger partial charge on any atom is -0.432 e. The van der Waals surface area contributed by atoms with Gasteiger partial charge in [-0.3, -0.25) is 9.59 Å². The lowest BCUT2D eigenvalue weighted by Crippen LogP contribution is -2.46. The molecule has 3 heterocycles. The Morgan fingerprint density at radius 2 is 1.91 bits per heavy atom. The van der Waals surface area contributed by atoms with E-state index in [0.29, 0.717) is 24.2 Å². The number of ether oxygens (including phenoxy) is 1. The monoisotopic (exact) mass is 629 g/mol. The Balaban J connectivity index is 1.48. The van der Waals surface area contributed by atoms with E-state index in [1.807, 2.05) is 68.7 Å². The number of carbonyl (C=O) groups excluding carboxylic acids is 2. The lowest BCUT2D eigenvalue weighted by atomic mass is 9.82. The van der Waals surface area contributed by atoms with Crippen molar-refractivity contribution in [3.05, 3.63) is 83.1 Å². The average molecular weight is 630 g/mol. The maximum absolute atomic E-state index is 14.5. The van der Waals surface area contributed by atoms with Crippen LogP contribution in [0.3, 0.4) is 0 Å². The first-order valence-electron chi connectivity index (χ1n) is 16.0. The van der Waals surface area contributed by atoms with Gasteiger partial charge >= 0.3 is 0 Å². The molecule has 1 spiro atoms. The van der Waals surface area contributed by atoms with E-state index in [4.69, 9.17) is 4.74 Å². The zero-order valence-corrected chi connectivity index (χ0v) is 28.3. The van der Waals surface area contributed by atoms with Crippen LogP contribution >= 0.6 is 0 Å². The van der Waals surface area contributed by atoms with Crippen molar-refractivity contribution >= 4 is 42.4 Å². The number of allylic oxidation sites excluding steroid dienone is 3. The van der Waals surface area contributed by atoms with Crippen molar-refractivity contribution in [3.63, 3.8) is 0 Å². The Hall–Kier alpha value is -3.50. The van der Waals surface area contributed by atoms with Crippen LogP contribution in [0.15, 0.2) is 72.0 Å². The highest BCUT2D eigenvalue weighted by atomic mass is 28.4. The highest BCUT2D eigenvalue weighted by Gasteiger charge is 2.66. The number of anilines is 2. The number of amides is 2. The number of aromatic amines is 1. The molecule has 45 heavy (non-hydrogen) atoms. The van der Waals surface area contributed by atoms with Crippen LogP contribution < -0.4 is 10.2 Å². The number of nitrogens with zero attached hydrogens (tertiary/aromatic N) is 1. The summed E-state index contributed by atoms with van der Waals surface area (Å²) < 4.78 is 6.74. The van der Waals surface area contributed by atoms with Gasteiger partial charge < -0.3 is 29.8 Å². The van der Waals surface area contributed by atoms with Crippen LogP contribution in [0.5, 0.6) is 0 Å². The number of rotatable bonds is 11. The maximum Gasteiger partial charge on any atom is 0.264 e. The van der Waals surface area contributed by atoms with Crippen molar-refractivity contribution in [3.8, 4) is 0 Å². The van der Waals surface area contributed by atoms with Gasteiger partial charge in [0.1, 0.15) is 0 Å². The number of aliphatic hydroxyl groups is 1. The molecule has 0 saturated carbocycles. The second-order valence-electron chi connectivity index (χ2n) is 13.5. The standard InChI is InChI=1S/C36H47N3O5Si/c1-23(2)10-9-11-24(3)16-18-39-31-15-14-27(38-33(41)20-26-22-37-30-13-8-7-12-28(26)30)21-29(31)36(35(39)42)25(4)34(45(5,6)43)32(44-36)17-19-40/h7-8,10,12-16,21-22,25,32,34,37,40,43H,9,11,17-20H2,1-6H3,(H,38,41)/b24-16+/t25-,32+,34-,36+/m1/s1. The number of aliphatic hydroxyl groups excluding tert-OH is 1. The summed E-state index contributed by atoms with van der Waals surface area (Å²) in [7, 11) is -2.81. The van der Waals surface area contributed by atoms with Crippen LogP contribution in [0.4, 0.5) is 11.4 Å². The van der Waals surface area contributed by atoms with E-state index in [9.17, 15) is 19.5 Å². The summed E-state index contributed by atoms with van der Waals surface area (Å²) in [6.45, 7) is 12.3. The predicted molar refractivity (Wildman–Crippen MR) is 183 cm³/mol. The number of aromatic nitrogens is 1. The van der Waals surface area contributed by atoms with Gasteiger partial charge in [-0.1, -0.05) is 48.4 Å². The van der Waals surface area contributed by atoms with E-state index in [1.54, 1.807) is 4.90 Å². The van der Waals surface area contributed by atoms with Crippen LogP contribution in [-0.2, 0) is 26.3 Å². The van der Waals surface area contributed by atoms with E-state index in [-0.39, 0.29) is 36.3 Å². The number of para-hydroxylation sites is 1. The second kappa shape index (κ2) is 13.1. The number of hydrogen-bond acceptors (Lipinski definition) is 5. The molecule has 2 aliphatic heterocycles. The van der Waals surface area contributed by atoms with Crippen LogP contribution in [0.1, 0.15) is 58.1 Å². The largest absolute Gasteiger partial charge is 0.432 e. The first-order chi connectivity index (χ1) is 21.4. The summed E-state index contributed by atoms with van der Waals surface area (Å²) in [4.78, 5) is 44.2. The molecule has 0 aliphatic carbocycles. The van der Waals surface area contributed by atoms with Crippen molar-refractivity contribution in [2.45, 2.75) is 83.7 Å². The van der Waals surface area contributed by atoms with E-state index in [2.05, 4.69) is 43.2 Å². The molecule has 3 aromatic rings. The minimum atomic E-state index is -2.81. The highest BCUT2D eigenvalue weighted by Crippen LogP contribution is 2.59. The molecule has 0 unspecified atom stereocenters. The van der Waals surface area contributed by atoms with Gasteiger partial charge in [0.05, 0.1) is 18.2 Å². The fraction of sp³-hybridized carbons (Fsp3) is 0.444. The number of nitrogens with one attached hydrogen (secondary N) is 2. The second-order valence-corrected chi connectivity index (χ2v) is 17.4. The lowest BCUT2D eigenvalue weighted by molar-refractivity contribution is -0.146. The van der Waals surface area contributed by atoms with Crippen molar-refractivity contribution in [1.82, 2.24) is 4.98 Å². The Morgan fingerprint density at radius 1 is 1.16 bits per heavy atom. The van der Waals surface area contributed by atoms with Gasteiger partial charge in [0.2, 0.25) is 5.91 Å². The van der Waals surface area contributed by atoms with Crippen molar-refractivity contribution in [1.29, 1.82) is 0 Å². The molecule has 2 amide bonds. The fourth-order valence-electron chi connectivity index (χ4n) is 7.33. The SMILES string of the molecule is CC(C)=CCC/C(C)=C/CN1C(=O)[C@@]2(O[C@@H](CCO)[C@H]([Si](C)(C)O)[C@H]2C)c2cc(NC(=O)Cc3c[nH]c4ccccc34)ccc21. The van der Waals surface area contributed by atoms with Crippen LogP contribution in [0, 0.1) is 5.92 Å². The maximum atomic E-state index is 14.5. The third-order valence-electron chi connectivity index (χ3n) is 9.42. The van der Waals surface area contributed by atoms with Gasteiger partial charge in [0, 0.05) is 53.0 Å². The molecule has 4 atom stereocenters. The predicted octanol–water partition coefficient (Wildman–Crippen LogP) is 6.57. The number of carbonyl (C=O) groups is 2. The van der Waals surface area contributed by atoms with Gasteiger partial charge in [-0.25, -0.2) is 0 Å². The van der Waals surface area contributed by atoms with Crippen molar-refractivity contribution < 1.29 is 24.2 Å². The van der Waals surface area contributed by atoms with Gasteiger partial charge in [0.15, 0.2) is 13.9 Å². The molecule has 4 N–H and O–H groups in total.